The Morgan fingerprint density at radius 3 is 2.00 bits per heavy atom. The third-order valence-electron chi connectivity index (χ3n) is 4.71. The molecule has 0 radical (unpaired) electrons. The average Bonchev–Trinajstić information content (AvgIpc) is 2.63. The van der Waals surface area contributed by atoms with Crippen LogP contribution in [0.3, 0.4) is 0 Å². The van der Waals surface area contributed by atoms with Crippen LogP contribution in [0, 0.1) is 0 Å². The summed E-state index contributed by atoms with van der Waals surface area (Å²) in [7, 11) is 0. The van der Waals surface area contributed by atoms with Gasteiger partial charge in [0.1, 0.15) is 0 Å². The largest absolute Gasteiger partial charge is 0.301 e. The van der Waals surface area contributed by atoms with Crippen molar-refractivity contribution >= 4 is 0 Å². The molecule has 0 spiro atoms. The van der Waals surface area contributed by atoms with Gasteiger partial charge in [0, 0.05) is 45.1 Å². The first-order valence-electron chi connectivity index (χ1n) is 8.78. The van der Waals surface area contributed by atoms with Crippen molar-refractivity contribution in [1.29, 1.82) is 0 Å². The molecule has 0 saturated carbocycles. The summed E-state index contributed by atoms with van der Waals surface area (Å²) in [5, 5.41) is 0. The molecule has 0 aliphatic carbocycles. The molecule has 0 bridgehead atoms. The molecule has 0 unspecified atom stereocenters. The zero-order chi connectivity index (χ0) is 15.7. The van der Waals surface area contributed by atoms with Crippen LogP contribution in [-0.2, 0) is 12.8 Å². The molecule has 0 amide bonds. The summed E-state index contributed by atoms with van der Waals surface area (Å²) in [6.45, 7) is 7.23. The summed E-state index contributed by atoms with van der Waals surface area (Å²) in [4.78, 5) is 9.29. The predicted molar refractivity (Wildman–Crippen MR) is 95.6 cm³/mol. The number of hydrogen-bond acceptors (Lipinski definition) is 3. The van der Waals surface area contributed by atoms with Crippen molar-refractivity contribution in [3.8, 4) is 0 Å². The van der Waals surface area contributed by atoms with Crippen LogP contribution in [0.5, 0.6) is 0 Å². The molecule has 0 atom stereocenters. The number of aromatic nitrogens is 1. The van der Waals surface area contributed by atoms with E-state index in [9.17, 15) is 0 Å². The molecule has 3 rings (SSSR count). The standard InChI is InChI=1S/C20H27N3/c1-2-5-19(6-3-1)7-4-13-22-15-17-23(18-16-22)14-10-20-8-11-21-12-9-20/h1-3,5-6,8-9,11-12H,4,7,10,13-18H2. The Labute approximate surface area is 140 Å². The van der Waals surface area contributed by atoms with E-state index in [1.54, 1.807) is 0 Å². The van der Waals surface area contributed by atoms with E-state index in [0.717, 1.165) is 6.42 Å². The molecule has 1 aromatic carbocycles. The lowest BCUT2D eigenvalue weighted by Crippen LogP contribution is -2.47. The number of benzene rings is 1. The van der Waals surface area contributed by atoms with Gasteiger partial charge in [-0.1, -0.05) is 30.3 Å². The molecule has 1 fully saturated rings. The first kappa shape index (κ1) is 16.2. The van der Waals surface area contributed by atoms with Gasteiger partial charge in [-0.05, 0) is 49.1 Å². The van der Waals surface area contributed by atoms with E-state index in [0.29, 0.717) is 0 Å². The van der Waals surface area contributed by atoms with Gasteiger partial charge in [0.2, 0.25) is 0 Å². The van der Waals surface area contributed by atoms with E-state index in [2.05, 4.69) is 57.2 Å². The highest BCUT2D eigenvalue weighted by molar-refractivity contribution is 5.14. The number of rotatable bonds is 7. The molecule has 3 heteroatoms. The number of piperazine rings is 1. The Bertz CT molecular complexity index is 548. The van der Waals surface area contributed by atoms with Gasteiger partial charge >= 0.3 is 0 Å². The molecule has 1 aliphatic rings. The maximum Gasteiger partial charge on any atom is 0.0270 e. The molecule has 1 aromatic heterocycles. The summed E-state index contributed by atoms with van der Waals surface area (Å²) < 4.78 is 0. The minimum absolute atomic E-state index is 1.14. The van der Waals surface area contributed by atoms with E-state index in [-0.39, 0.29) is 0 Å². The van der Waals surface area contributed by atoms with E-state index >= 15 is 0 Å². The zero-order valence-corrected chi connectivity index (χ0v) is 13.9. The highest BCUT2D eigenvalue weighted by atomic mass is 15.3. The van der Waals surface area contributed by atoms with Gasteiger partial charge in [-0.3, -0.25) is 4.98 Å². The van der Waals surface area contributed by atoms with Gasteiger partial charge in [-0.15, -0.1) is 0 Å². The molecule has 23 heavy (non-hydrogen) atoms. The van der Waals surface area contributed by atoms with Crippen molar-refractivity contribution < 1.29 is 0 Å². The highest BCUT2D eigenvalue weighted by Crippen LogP contribution is 2.07. The highest BCUT2D eigenvalue weighted by Gasteiger charge is 2.15. The molecule has 2 aromatic rings. The van der Waals surface area contributed by atoms with Crippen LogP contribution in [0.1, 0.15) is 17.5 Å². The minimum atomic E-state index is 1.14. The first-order chi connectivity index (χ1) is 11.4. The van der Waals surface area contributed by atoms with Crippen molar-refractivity contribution in [2.75, 3.05) is 39.3 Å². The molecule has 3 nitrogen and oxygen atoms in total. The Balaban J connectivity index is 1.31. The second kappa shape index (κ2) is 8.80. The van der Waals surface area contributed by atoms with Crippen molar-refractivity contribution in [3.63, 3.8) is 0 Å². The smallest absolute Gasteiger partial charge is 0.0270 e. The molecule has 2 heterocycles. The summed E-state index contributed by atoms with van der Waals surface area (Å²) in [6.07, 6.45) is 7.38. The Morgan fingerprint density at radius 1 is 0.696 bits per heavy atom. The number of nitrogens with zero attached hydrogens (tertiary/aromatic N) is 3. The Morgan fingerprint density at radius 2 is 1.30 bits per heavy atom. The van der Waals surface area contributed by atoms with Crippen LogP contribution >= 0.6 is 0 Å². The normalized spacial score (nSPS) is 16.5. The SMILES string of the molecule is c1ccc(CCCN2CCN(CCc3ccncc3)CC2)cc1. The molecule has 0 N–H and O–H groups in total. The molecular formula is C20H27N3. The fraction of sp³-hybridized carbons (Fsp3) is 0.450. The average molecular weight is 309 g/mol. The zero-order valence-electron chi connectivity index (χ0n) is 13.9. The second-order valence-electron chi connectivity index (χ2n) is 6.38. The third-order valence-corrected chi connectivity index (χ3v) is 4.71. The van der Waals surface area contributed by atoms with Crippen molar-refractivity contribution in [2.24, 2.45) is 0 Å². The fourth-order valence-corrected chi connectivity index (χ4v) is 3.22. The lowest BCUT2D eigenvalue weighted by Gasteiger charge is -2.34. The molecular weight excluding hydrogens is 282 g/mol. The lowest BCUT2D eigenvalue weighted by atomic mass is 10.1. The Kier molecular flexibility index (Phi) is 6.18. The second-order valence-corrected chi connectivity index (χ2v) is 6.38. The number of pyridine rings is 1. The van der Waals surface area contributed by atoms with Crippen LogP contribution in [0.4, 0.5) is 0 Å². The summed E-state index contributed by atoms with van der Waals surface area (Å²) in [5.41, 5.74) is 2.86. The van der Waals surface area contributed by atoms with E-state index < -0.39 is 0 Å². The van der Waals surface area contributed by atoms with E-state index in [1.807, 2.05) is 12.4 Å². The quantitative estimate of drug-likeness (QED) is 0.784. The van der Waals surface area contributed by atoms with Crippen LogP contribution in [0.15, 0.2) is 54.9 Å². The molecule has 1 saturated heterocycles. The monoisotopic (exact) mass is 309 g/mol. The van der Waals surface area contributed by atoms with Crippen molar-refractivity contribution in [3.05, 3.63) is 66.0 Å². The van der Waals surface area contributed by atoms with Crippen molar-refractivity contribution in [2.45, 2.75) is 19.3 Å². The first-order valence-corrected chi connectivity index (χ1v) is 8.78. The maximum absolute atomic E-state index is 4.08. The molecule has 122 valence electrons. The summed E-state index contributed by atoms with van der Waals surface area (Å²) in [5.74, 6) is 0. The van der Waals surface area contributed by atoms with Gasteiger partial charge in [-0.25, -0.2) is 0 Å². The van der Waals surface area contributed by atoms with Gasteiger partial charge in [0.25, 0.3) is 0 Å². The van der Waals surface area contributed by atoms with Crippen LogP contribution < -0.4 is 0 Å². The number of hydrogen-bond donors (Lipinski definition) is 0. The third kappa shape index (κ3) is 5.45. The Hall–Kier alpha value is -1.71. The van der Waals surface area contributed by atoms with Crippen LogP contribution in [-0.4, -0.2) is 54.1 Å². The van der Waals surface area contributed by atoms with E-state index in [1.165, 1.54) is 63.2 Å². The van der Waals surface area contributed by atoms with Crippen LogP contribution in [0.25, 0.3) is 0 Å². The minimum Gasteiger partial charge on any atom is -0.301 e. The summed E-state index contributed by atoms with van der Waals surface area (Å²) in [6, 6.07) is 15.1. The van der Waals surface area contributed by atoms with Gasteiger partial charge < -0.3 is 9.80 Å². The van der Waals surface area contributed by atoms with Crippen LogP contribution in [0.2, 0.25) is 0 Å². The number of aryl methyl sites for hydroxylation is 1. The summed E-state index contributed by atoms with van der Waals surface area (Å²) >= 11 is 0. The topological polar surface area (TPSA) is 19.4 Å². The molecule has 1 aliphatic heterocycles. The predicted octanol–water partition coefficient (Wildman–Crippen LogP) is 2.87. The van der Waals surface area contributed by atoms with Crippen molar-refractivity contribution in [1.82, 2.24) is 14.8 Å². The fourth-order valence-electron chi connectivity index (χ4n) is 3.22. The maximum atomic E-state index is 4.08. The van der Waals surface area contributed by atoms with Gasteiger partial charge in [-0.2, -0.15) is 0 Å². The van der Waals surface area contributed by atoms with Gasteiger partial charge in [0.05, 0.1) is 0 Å². The van der Waals surface area contributed by atoms with E-state index in [4.69, 9.17) is 0 Å². The lowest BCUT2D eigenvalue weighted by molar-refractivity contribution is 0.132. The van der Waals surface area contributed by atoms with Gasteiger partial charge in [0.15, 0.2) is 0 Å².